The van der Waals surface area contributed by atoms with E-state index in [2.05, 4.69) is 0 Å². The highest BCUT2D eigenvalue weighted by Gasteiger charge is 2.46. The molecule has 7 nitrogen and oxygen atoms in total. The molecule has 0 radical (unpaired) electrons. The largest absolute Gasteiger partial charge is 0.508 e. The summed E-state index contributed by atoms with van der Waals surface area (Å²) in [6.07, 6.45) is 0. The van der Waals surface area contributed by atoms with Crippen molar-refractivity contribution in [2.45, 2.75) is 6.04 Å². The van der Waals surface area contributed by atoms with E-state index >= 15 is 0 Å². The van der Waals surface area contributed by atoms with Crippen molar-refractivity contribution in [1.29, 1.82) is 0 Å². The summed E-state index contributed by atoms with van der Waals surface area (Å²) in [5.41, 5.74) is 0.966. The molecule has 1 atom stereocenters. The second-order valence-electron chi connectivity index (χ2n) is 7.71. The zero-order valence-electron chi connectivity index (χ0n) is 16.9. The number of ether oxygens (including phenoxy) is 1. The third-order valence-electron chi connectivity index (χ3n) is 5.75. The number of nitrogens with zero attached hydrogens (tertiary/aromatic N) is 1. The Balaban J connectivity index is 1.73. The average Bonchev–Trinajstić information content (AvgIpc) is 3.03. The minimum Gasteiger partial charge on any atom is -0.508 e. The SMILES string of the molecule is O=C1C(=O)N(CC[NH+]2CCOCC2)[C@@H](c2cccc(O)c2)C1=C(O)c1ccc(Cl)cc1. The van der Waals surface area contributed by atoms with E-state index in [1.54, 1.807) is 36.4 Å². The number of carbonyl (C=O) groups is 2. The summed E-state index contributed by atoms with van der Waals surface area (Å²) in [6.45, 7) is 4.02. The maximum atomic E-state index is 13.0. The van der Waals surface area contributed by atoms with Crippen LogP contribution in [0.3, 0.4) is 0 Å². The molecule has 2 aliphatic rings. The van der Waals surface area contributed by atoms with Crippen molar-refractivity contribution in [2.24, 2.45) is 0 Å². The van der Waals surface area contributed by atoms with E-state index in [1.165, 1.54) is 21.9 Å². The fourth-order valence-corrected chi connectivity index (χ4v) is 4.23. The third-order valence-corrected chi connectivity index (χ3v) is 6.00. The molecule has 2 aromatic rings. The van der Waals surface area contributed by atoms with Crippen LogP contribution in [-0.2, 0) is 14.3 Å². The molecular formula is C23H24ClN2O5+. The summed E-state index contributed by atoms with van der Waals surface area (Å²) in [4.78, 5) is 28.7. The summed E-state index contributed by atoms with van der Waals surface area (Å²) in [5.74, 6) is -1.63. The number of aliphatic hydroxyl groups is 1. The van der Waals surface area contributed by atoms with Crippen LogP contribution < -0.4 is 4.90 Å². The first-order valence-corrected chi connectivity index (χ1v) is 10.6. The number of rotatable bonds is 5. The van der Waals surface area contributed by atoms with Gasteiger partial charge < -0.3 is 24.7 Å². The smallest absolute Gasteiger partial charge is 0.295 e. The molecule has 4 rings (SSSR count). The van der Waals surface area contributed by atoms with Crippen LogP contribution in [0.2, 0.25) is 5.02 Å². The fourth-order valence-electron chi connectivity index (χ4n) is 4.10. The zero-order valence-corrected chi connectivity index (χ0v) is 17.6. The van der Waals surface area contributed by atoms with E-state index in [0.717, 1.165) is 13.1 Å². The van der Waals surface area contributed by atoms with E-state index in [4.69, 9.17) is 16.3 Å². The Bertz CT molecular complexity index is 1010. The number of likely N-dealkylation sites (tertiary alicyclic amines) is 1. The second-order valence-corrected chi connectivity index (χ2v) is 8.14. The number of Topliss-reactive ketones (excluding diaryl/α,β-unsaturated/α-hetero) is 1. The number of ketones is 1. The Hall–Kier alpha value is -2.87. The molecule has 2 aliphatic heterocycles. The fraction of sp³-hybridized carbons (Fsp3) is 0.304. The van der Waals surface area contributed by atoms with Gasteiger partial charge in [-0.1, -0.05) is 23.7 Å². The van der Waals surface area contributed by atoms with Gasteiger partial charge in [0.2, 0.25) is 0 Å². The topological polar surface area (TPSA) is 91.5 Å². The van der Waals surface area contributed by atoms with Gasteiger partial charge in [-0.15, -0.1) is 0 Å². The zero-order chi connectivity index (χ0) is 22.0. The summed E-state index contributed by atoms with van der Waals surface area (Å²) in [5, 5.41) is 21.5. The first-order chi connectivity index (χ1) is 15.0. The van der Waals surface area contributed by atoms with Gasteiger partial charge >= 0.3 is 0 Å². The van der Waals surface area contributed by atoms with Crippen molar-refractivity contribution < 1.29 is 29.4 Å². The van der Waals surface area contributed by atoms with Crippen molar-refractivity contribution in [3.8, 4) is 5.75 Å². The van der Waals surface area contributed by atoms with Crippen molar-refractivity contribution in [3.05, 3.63) is 70.3 Å². The van der Waals surface area contributed by atoms with E-state index in [-0.39, 0.29) is 17.1 Å². The van der Waals surface area contributed by atoms with Gasteiger partial charge in [0, 0.05) is 10.6 Å². The Kier molecular flexibility index (Phi) is 6.27. The summed E-state index contributed by atoms with van der Waals surface area (Å²) >= 11 is 5.94. The highest BCUT2D eigenvalue weighted by Crippen LogP contribution is 2.39. The molecule has 8 heteroatoms. The summed E-state index contributed by atoms with van der Waals surface area (Å²) in [7, 11) is 0. The number of quaternary nitrogens is 1. The quantitative estimate of drug-likeness (QED) is 0.369. The Morgan fingerprint density at radius 3 is 2.52 bits per heavy atom. The monoisotopic (exact) mass is 443 g/mol. The lowest BCUT2D eigenvalue weighted by Crippen LogP contribution is -3.14. The molecule has 0 saturated carbocycles. The number of aliphatic hydroxyl groups excluding tert-OH is 1. The van der Waals surface area contributed by atoms with Crippen LogP contribution in [0.5, 0.6) is 5.75 Å². The molecule has 0 aromatic heterocycles. The standard InChI is InChI=1S/C23H23ClN2O5/c24-17-6-4-15(5-7-17)21(28)19-20(16-2-1-3-18(27)14-16)26(23(30)22(19)29)9-8-25-10-12-31-13-11-25/h1-7,14,20,27-28H,8-13H2/p+1/t20-/m0/s1. The number of phenols is 1. The maximum absolute atomic E-state index is 13.0. The average molecular weight is 444 g/mol. The normalized spacial score (nSPS) is 21.6. The van der Waals surface area contributed by atoms with Gasteiger partial charge in [0.15, 0.2) is 0 Å². The number of aromatic hydroxyl groups is 1. The number of nitrogens with one attached hydrogen (secondary N) is 1. The Labute approximate surface area is 185 Å². The Morgan fingerprint density at radius 2 is 1.84 bits per heavy atom. The van der Waals surface area contributed by atoms with Gasteiger partial charge in [-0.25, -0.2) is 0 Å². The predicted octanol–water partition coefficient (Wildman–Crippen LogP) is 1.38. The lowest BCUT2D eigenvalue weighted by atomic mass is 9.95. The molecule has 3 N–H and O–H groups in total. The van der Waals surface area contributed by atoms with Crippen LogP contribution in [0.15, 0.2) is 54.1 Å². The number of benzene rings is 2. The van der Waals surface area contributed by atoms with Crippen molar-refractivity contribution in [2.75, 3.05) is 39.4 Å². The van der Waals surface area contributed by atoms with Crippen LogP contribution in [0.4, 0.5) is 0 Å². The number of morpholine rings is 1. The second kappa shape index (κ2) is 9.09. The van der Waals surface area contributed by atoms with E-state index in [9.17, 15) is 19.8 Å². The molecule has 2 saturated heterocycles. The highest BCUT2D eigenvalue weighted by atomic mass is 35.5. The molecule has 31 heavy (non-hydrogen) atoms. The highest BCUT2D eigenvalue weighted by molar-refractivity contribution is 6.46. The van der Waals surface area contributed by atoms with Crippen molar-refractivity contribution in [3.63, 3.8) is 0 Å². The van der Waals surface area contributed by atoms with Gasteiger partial charge in [-0.05, 0) is 42.0 Å². The molecule has 2 fully saturated rings. The molecule has 1 amide bonds. The first-order valence-electron chi connectivity index (χ1n) is 10.2. The molecule has 0 aliphatic carbocycles. The number of carbonyl (C=O) groups excluding carboxylic acids is 2. The number of hydrogen-bond acceptors (Lipinski definition) is 5. The predicted molar refractivity (Wildman–Crippen MR) is 115 cm³/mol. The molecule has 2 aromatic carbocycles. The van der Waals surface area contributed by atoms with E-state index < -0.39 is 17.7 Å². The van der Waals surface area contributed by atoms with Crippen LogP contribution in [-0.4, -0.2) is 66.2 Å². The van der Waals surface area contributed by atoms with Gasteiger partial charge in [0.05, 0.1) is 37.9 Å². The van der Waals surface area contributed by atoms with E-state index in [0.29, 0.717) is 42.5 Å². The van der Waals surface area contributed by atoms with Gasteiger partial charge in [0.1, 0.15) is 24.6 Å². The van der Waals surface area contributed by atoms with Gasteiger partial charge in [0.25, 0.3) is 11.7 Å². The van der Waals surface area contributed by atoms with Crippen LogP contribution in [0.25, 0.3) is 5.76 Å². The summed E-state index contributed by atoms with van der Waals surface area (Å²) < 4.78 is 5.39. The molecule has 0 bridgehead atoms. The third kappa shape index (κ3) is 4.44. The number of hydrogen-bond donors (Lipinski definition) is 3. The van der Waals surface area contributed by atoms with Crippen LogP contribution in [0.1, 0.15) is 17.2 Å². The van der Waals surface area contributed by atoms with E-state index in [1.807, 2.05) is 0 Å². The van der Waals surface area contributed by atoms with Crippen molar-refractivity contribution >= 4 is 29.1 Å². The molecule has 0 unspecified atom stereocenters. The van der Waals surface area contributed by atoms with Crippen LogP contribution >= 0.6 is 11.6 Å². The Morgan fingerprint density at radius 1 is 1.13 bits per heavy atom. The minimum atomic E-state index is -0.789. The number of halogens is 1. The van der Waals surface area contributed by atoms with Crippen LogP contribution in [0, 0.1) is 0 Å². The summed E-state index contributed by atoms with van der Waals surface area (Å²) in [6, 6.07) is 12.1. The lowest BCUT2D eigenvalue weighted by molar-refractivity contribution is -0.907. The molecule has 162 valence electrons. The van der Waals surface area contributed by atoms with Gasteiger partial charge in [-0.2, -0.15) is 0 Å². The molecular weight excluding hydrogens is 420 g/mol. The lowest BCUT2D eigenvalue weighted by Gasteiger charge is -2.29. The minimum absolute atomic E-state index is 0.00917. The first kappa shape index (κ1) is 21.4. The number of phenolic OH excluding ortho intramolecular Hbond substituents is 1. The maximum Gasteiger partial charge on any atom is 0.295 e. The number of amides is 1. The molecule has 0 spiro atoms. The van der Waals surface area contributed by atoms with Crippen molar-refractivity contribution in [1.82, 2.24) is 4.90 Å². The van der Waals surface area contributed by atoms with Gasteiger partial charge in [-0.3, -0.25) is 9.59 Å². The molecule has 2 heterocycles.